The summed E-state index contributed by atoms with van der Waals surface area (Å²) < 4.78 is 65.3. The number of nitrogens with two attached hydrogens (primary N) is 2. The minimum Gasteiger partial charge on any atom is -0.399 e. The molecule has 0 aliphatic carbocycles. The lowest BCUT2D eigenvalue weighted by Crippen LogP contribution is -2.34. The van der Waals surface area contributed by atoms with Gasteiger partial charge in [-0.2, -0.15) is 13.2 Å². The average molecular weight is 386 g/mol. The predicted octanol–water partition coefficient (Wildman–Crippen LogP) is 2.72. The molecule has 0 saturated carbocycles. The fraction of sp³-hybridized carbons (Fsp3) is 0.250. The van der Waals surface area contributed by atoms with Crippen LogP contribution in [-0.2, 0) is 17.0 Å². The second-order valence-corrected chi connectivity index (χ2v) is 7.31. The van der Waals surface area contributed by atoms with Crippen LogP contribution in [-0.4, -0.2) is 20.8 Å². The number of aliphatic imine (C=N–C) groups is 1. The first-order valence-electron chi connectivity index (χ1n) is 7.45. The topological polar surface area (TPSA) is 94.4 Å². The average Bonchev–Trinajstić information content (AvgIpc) is 2.56. The van der Waals surface area contributed by atoms with Gasteiger partial charge in [0.15, 0.2) is 0 Å². The lowest BCUT2D eigenvalue weighted by atomic mass is 10.1. The minimum atomic E-state index is -4.56. The molecular formula is C16H14F4N4OS. The van der Waals surface area contributed by atoms with E-state index in [1.54, 1.807) is 0 Å². The van der Waals surface area contributed by atoms with E-state index in [0.29, 0.717) is 5.69 Å². The summed E-state index contributed by atoms with van der Waals surface area (Å²) in [5, 5.41) is -1.09. The first-order valence-corrected chi connectivity index (χ1v) is 8.83. The number of anilines is 1. The van der Waals surface area contributed by atoms with Gasteiger partial charge in [-0.15, -0.1) is 0 Å². The zero-order valence-electron chi connectivity index (χ0n) is 13.2. The molecule has 138 valence electrons. The van der Waals surface area contributed by atoms with Crippen molar-refractivity contribution in [1.29, 1.82) is 0 Å². The van der Waals surface area contributed by atoms with E-state index in [4.69, 9.17) is 11.5 Å². The summed E-state index contributed by atoms with van der Waals surface area (Å²) >= 11 is 0. The SMILES string of the molecule is NC1=NC(c2cc(N)ccc2F)CS(=O)C1c1cc(C(F)(F)F)ccn1. The Balaban J connectivity index is 1.98. The molecule has 1 aliphatic heterocycles. The molecule has 3 atom stereocenters. The number of alkyl halides is 3. The Morgan fingerprint density at radius 3 is 2.54 bits per heavy atom. The van der Waals surface area contributed by atoms with Gasteiger partial charge in [0.1, 0.15) is 16.9 Å². The molecule has 26 heavy (non-hydrogen) atoms. The van der Waals surface area contributed by atoms with Gasteiger partial charge >= 0.3 is 6.18 Å². The van der Waals surface area contributed by atoms with Crippen molar-refractivity contribution < 1.29 is 21.8 Å². The molecule has 4 N–H and O–H groups in total. The molecule has 1 aromatic heterocycles. The van der Waals surface area contributed by atoms with Crippen molar-refractivity contribution in [3.63, 3.8) is 0 Å². The molecule has 0 amide bonds. The van der Waals surface area contributed by atoms with E-state index in [9.17, 15) is 21.8 Å². The first-order chi connectivity index (χ1) is 12.2. The van der Waals surface area contributed by atoms with Crippen LogP contribution < -0.4 is 11.5 Å². The molecule has 0 bridgehead atoms. The smallest absolute Gasteiger partial charge is 0.399 e. The molecule has 0 spiro atoms. The second kappa shape index (κ2) is 6.67. The highest BCUT2D eigenvalue weighted by Crippen LogP contribution is 2.35. The Morgan fingerprint density at radius 2 is 1.88 bits per heavy atom. The third kappa shape index (κ3) is 3.55. The molecule has 2 aromatic rings. The van der Waals surface area contributed by atoms with Crippen LogP contribution in [0.2, 0.25) is 0 Å². The minimum absolute atomic E-state index is 0.0918. The number of nitrogens with zero attached hydrogens (tertiary/aromatic N) is 2. The van der Waals surface area contributed by atoms with Gasteiger partial charge in [0, 0.05) is 28.2 Å². The summed E-state index contributed by atoms with van der Waals surface area (Å²) in [5.74, 6) is -0.842. The fourth-order valence-corrected chi connectivity index (χ4v) is 4.19. The summed E-state index contributed by atoms with van der Waals surface area (Å²) in [5.41, 5.74) is 10.9. The van der Waals surface area contributed by atoms with Crippen LogP contribution in [0.3, 0.4) is 0 Å². The molecule has 3 unspecified atom stereocenters. The number of hydrogen-bond donors (Lipinski definition) is 2. The highest BCUT2D eigenvalue weighted by Gasteiger charge is 2.36. The maximum atomic E-state index is 14.0. The van der Waals surface area contributed by atoms with Crippen molar-refractivity contribution in [1.82, 2.24) is 4.98 Å². The third-order valence-corrected chi connectivity index (χ3v) is 5.57. The van der Waals surface area contributed by atoms with Crippen molar-refractivity contribution >= 4 is 22.3 Å². The maximum Gasteiger partial charge on any atom is 0.416 e. The molecule has 1 aliphatic rings. The zero-order valence-corrected chi connectivity index (χ0v) is 14.0. The van der Waals surface area contributed by atoms with Crippen LogP contribution >= 0.6 is 0 Å². The number of benzene rings is 1. The van der Waals surface area contributed by atoms with Gasteiger partial charge in [-0.05, 0) is 30.3 Å². The first kappa shape index (κ1) is 18.3. The third-order valence-electron chi connectivity index (χ3n) is 3.91. The van der Waals surface area contributed by atoms with Crippen LogP contribution in [0.5, 0.6) is 0 Å². The lowest BCUT2D eigenvalue weighted by molar-refractivity contribution is -0.137. The maximum absolute atomic E-state index is 14.0. The predicted molar refractivity (Wildman–Crippen MR) is 90.2 cm³/mol. The Kier molecular flexibility index (Phi) is 4.70. The normalized spacial score (nSPS) is 23.5. The van der Waals surface area contributed by atoms with E-state index in [1.807, 2.05) is 0 Å². The van der Waals surface area contributed by atoms with E-state index >= 15 is 0 Å². The highest BCUT2D eigenvalue weighted by atomic mass is 32.2. The molecule has 0 saturated heterocycles. The van der Waals surface area contributed by atoms with Crippen LogP contribution in [0.15, 0.2) is 41.5 Å². The Bertz CT molecular complexity index is 900. The second-order valence-electron chi connectivity index (χ2n) is 5.75. The van der Waals surface area contributed by atoms with Gasteiger partial charge in [0.25, 0.3) is 0 Å². The van der Waals surface area contributed by atoms with Crippen LogP contribution in [0.1, 0.15) is 28.1 Å². The summed E-state index contributed by atoms with van der Waals surface area (Å²) in [7, 11) is -1.73. The number of aromatic nitrogens is 1. The van der Waals surface area contributed by atoms with Crippen molar-refractivity contribution in [2.24, 2.45) is 10.7 Å². The highest BCUT2D eigenvalue weighted by molar-refractivity contribution is 7.86. The van der Waals surface area contributed by atoms with Crippen LogP contribution in [0, 0.1) is 5.82 Å². The largest absolute Gasteiger partial charge is 0.416 e. The lowest BCUT2D eigenvalue weighted by Gasteiger charge is -2.26. The van der Waals surface area contributed by atoms with E-state index in [0.717, 1.165) is 18.3 Å². The zero-order chi connectivity index (χ0) is 19.1. The molecule has 2 heterocycles. The van der Waals surface area contributed by atoms with Gasteiger partial charge in [-0.3, -0.25) is 14.2 Å². The summed E-state index contributed by atoms with van der Waals surface area (Å²) in [6.07, 6.45) is -3.58. The summed E-state index contributed by atoms with van der Waals surface area (Å²) in [4.78, 5) is 8.00. The molecule has 3 rings (SSSR count). The number of nitrogen functional groups attached to an aromatic ring is 1. The van der Waals surface area contributed by atoms with Crippen molar-refractivity contribution in [2.45, 2.75) is 17.5 Å². The molecule has 0 radical (unpaired) electrons. The number of halogens is 4. The van der Waals surface area contributed by atoms with E-state index in [2.05, 4.69) is 9.98 Å². The van der Waals surface area contributed by atoms with E-state index in [-0.39, 0.29) is 22.8 Å². The molecule has 0 fully saturated rings. The molecular weight excluding hydrogens is 372 g/mol. The van der Waals surface area contributed by atoms with Gasteiger partial charge < -0.3 is 11.5 Å². The number of rotatable bonds is 2. The summed E-state index contributed by atoms with van der Waals surface area (Å²) in [6.45, 7) is 0. The van der Waals surface area contributed by atoms with Gasteiger partial charge in [0.2, 0.25) is 0 Å². The monoisotopic (exact) mass is 386 g/mol. The van der Waals surface area contributed by atoms with Gasteiger partial charge in [-0.25, -0.2) is 4.39 Å². The van der Waals surface area contributed by atoms with E-state index in [1.165, 1.54) is 18.2 Å². The molecule has 5 nitrogen and oxygen atoms in total. The van der Waals surface area contributed by atoms with E-state index < -0.39 is 39.6 Å². The number of amidine groups is 1. The van der Waals surface area contributed by atoms with Crippen molar-refractivity contribution in [2.75, 3.05) is 11.5 Å². The standard InChI is InChI=1S/C16H14F4N4OS/c17-11-2-1-9(21)6-10(11)13-7-26(25)14(15(22)24-13)12-5-8(3-4-23-12)16(18,19)20/h1-6,13-14H,7,21H2,(H2,22,24). The Hall–Kier alpha value is -2.49. The van der Waals surface area contributed by atoms with Crippen molar-refractivity contribution in [3.05, 3.63) is 59.2 Å². The molecule has 10 heteroatoms. The van der Waals surface area contributed by atoms with Crippen LogP contribution in [0.25, 0.3) is 0 Å². The fourth-order valence-electron chi connectivity index (χ4n) is 2.70. The van der Waals surface area contributed by atoms with Crippen molar-refractivity contribution in [3.8, 4) is 0 Å². The molecule has 1 aromatic carbocycles. The number of hydrogen-bond acceptors (Lipinski definition) is 5. The van der Waals surface area contributed by atoms with Crippen LogP contribution in [0.4, 0.5) is 23.2 Å². The van der Waals surface area contributed by atoms with Gasteiger partial charge in [-0.1, -0.05) is 0 Å². The Morgan fingerprint density at radius 1 is 1.15 bits per heavy atom. The van der Waals surface area contributed by atoms with Gasteiger partial charge in [0.05, 0.1) is 23.1 Å². The summed E-state index contributed by atoms with van der Waals surface area (Å²) in [6, 6.07) is 4.69. The quantitative estimate of drug-likeness (QED) is 0.613. The Labute approximate surface area is 148 Å². The number of pyridine rings is 1.